The third-order valence-electron chi connectivity index (χ3n) is 5.13. The number of aliphatic carboxylic acids is 1. The molecule has 0 spiro atoms. The second-order valence-electron chi connectivity index (χ2n) is 7.61. The van der Waals surface area contributed by atoms with E-state index in [0.717, 1.165) is 16.0 Å². The molecule has 0 saturated heterocycles. The molecule has 1 atom stereocenters. The van der Waals surface area contributed by atoms with Gasteiger partial charge in [0, 0.05) is 18.5 Å². The van der Waals surface area contributed by atoms with Gasteiger partial charge in [0.1, 0.15) is 11.8 Å². The largest absolute Gasteiger partial charge is 0.508 e. The van der Waals surface area contributed by atoms with Gasteiger partial charge < -0.3 is 15.5 Å². The zero-order valence-corrected chi connectivity index (χ0v) is 18.3. The Morgan fingerprint density at radius 1 is 0.909 bits per heavy atom. The van der Waals surface area contributed by atoms with Gasteiger partial charge in [0.15, 0.2) is 0 Å². The van der Waals surface area contributed by atoms with Crippen LogP contribution < -0.4 is 5.32 Å². The van der Waals surface area contributed by atoms with Gasteiger partial charge in [-0.05, 0) is 47.4 Å². The molecule has 3 aromatic rings. The van der Waals surface area contributed by atoms with E-state index < -0.39 is 23.9 Å². The number of aromatic hydroxyl groups is 1. The number of carbonyl (C=O) groups is 3. The molecule has 0 fully saturated rings. The molecular formula is C26H26N2O5. The summed E-state index contributed by atoms with van der Waals surface area (Å²) < 4.78 is 0. The summed E-state index contributed by atoms with van der Waals surface area (Å²) in [7, 11) is 0. The van der Waals surface area contributed by atoms with E-state index in [2.05, 4.69) is 5.32 Å². The van der Waals surface area contributed by atoms with Crippen LogP contribution in [0.1, 0.15) is 29.3 Å². The number of phenols is 1. The van der Waals surface area contributed by atoms with E-state index in [-0.39, 0.29) is 18.7 Å². The van der Waals surface area contributed by atoms with Crippen molar-refractivity contribution in [3.63, 3.8) is 0 Å². The van der Waals surface area contributed by atoms with Crippen molar-refractivity contribution >= 4 is 17.9 Å². The first-order chi connectivity index (χ1) is 15.9. The number of amides is 3. The average Bonchev–Trinajstić information content (AvgIpc) is 2.83. The topological polar surface area (TPSA) is 107 Å². The first-order valence-electron chi connectivity index (χ1n) is 10.7. The van der Waals surface area contributed by atoms with E-state index in [9.17, 15) is 24.6 Å². The molecule has 3 aromatic carbocycles. The molecule has 7 nitrogen and oxygen atoms in total. The summed E-state index contributed by atoms with van der Waals surface area (Å²) in [6, 6.07) is 20.6. The van der Waals surface area contributed by atoms with Crippen LogP contribution in [-0.2, 0) is 11.2 Å². The van der Waals surface area contributed by atoms with Crippen molar-refractivity contribution in [2.75, 3.05) is 6.54 Å². The maximum absolute atomic E-state index is 13.2. The van der Waals surface area contributed by atoms with Crippen molar-refractivity contribution in [2.45, 2.75) is 25.8 Å². The fraction of sp³-hybridized carbons (Fsp3) is 0.192. The van der Waals surface area contributed by atoms with Crippen molar-refractivity contribution in [3.05, 3.63) is 90.0 Å². The number of imide groups is 1. The molecule has 0 heterocycles. The number of carbonyl (C=O) groups excluding carboxylic acids is 2. The van der Waals surface area contributed by atoms with Crippen LogP contribution in [0.4, 0.5) is 4.79 Å². The van der Waals surface area contributed by atoms with Crippen LogP contribution in [0.3, 0.4) is 0 Å². The molecule has 0 aromatic heterocycles. The van der Waals surface area contributed by atoms with Gasteiger partial charge in [-0.2, -0.15) is 0 Å². The second kappa shape index (κ2) is 10.9. The van der Waals surface area contributed by atoms with Gasteiger partial charge in [-0.3, -0.25) is 9.69 Å². The molecule has 0 unspecified atom stereocenters. The lowest BCUT2D eigenvalue weighted by Crippen LogP contribution is -2.51. The van der Waals surface area contributed by atoms with E-state index in [1.807, 2.05) is 43.3 Å². The highest BCUT2D eigenvalue weighted by Gasteiger charge is 2.27. The Kier molecular flexibility index (Phi) is 7.81. The number of nitrogens with zero attached hydrogens (tertiary/aromatic N) is 1. The number of carboxylic acids is 1. The summed E-state index contributed by atoms with van der Waals surface area (Å²) in [4.78, 5) is 38.9. The first-order valence-corrected chi connectivity index (χ1v) is 10.7. The van der Waals surface area contributed by atoms with E-state index >= 15 is 0 Å². The number of urea groups is 1. The van der Waals surface area contributed by atoms with Gasteiger partial charge in [0.25, 0.3) is 5.91 Å². The van der Waals surface area contributed by atoms with Crippen LogP contribution in [0.2, 0.25) is 0 Å². The molecule has 3 N–H and O–H groups in total. The van der Waals surface area contributed by atoms with Gasteiger partial charge in [-0.25, -0.2) is 9.59 Å². The monoisotopic (exact) mass is 446 g/mol. The molecule has 170 valence electrons. The quantitative estimate of drug-likeness (QED) is 0.478. The van der Waals surface area contributed by atoms with Gasteiger partial charge in [0.05, 0.1) is 0 Å². The molecule has 7 heteroatoms. The summed E-state index contributed by atoms with van der Waals surface area (Å²) >= 11 is 0. The van der Waals surface area contributed by atoms with Crippen LogP contribution in [0.25, 0.3) is 11.1 Å². The SMILES string of the molecule is CCCN(C(=O)N[C@@H](Cc1ccc(O)cc1)C(=O)O)C(=O)c1cccc(-c2ccccc2)c1. The predicted molar refractivity (Wildman–Crippen MR) is 125 cm³/mol. The Bertz CT molecular complexity index is 1110. The highest BCUT2D eigenvalue weighted by atomic mass is 16.4. The van der Waals surface area contributed by atoms with Crippen molar-refractivity contribution < 1.29 is 24.6 Å². The van der Waals surface area contributed by atoms with E-state index in [1.54, 1.807) is 30.3 Å². The Labute approximate surface area is 192 Å². The van der Waals surface area contributed by atoms with E-state index in [4.69, 9.17) is 0 Å². The highest BCUT2D eigenvalue weighted by Crippen LogP contribution is 2.21. The maximum atomic E-state index is 13.2. The minimum atomic E-state index is -1.23. The molecule has 0 aliphatic rings. The summed E-state index contributed by atoms with van der Waals surface area (Å²) in [5, 5.41) is 21.5. The molecular weight excluding hydrogens is 420 g/mol. The number of carboxylic acid groups (broad SMARTS) is 1. The number of rotatable bonds is 8. The van der Waals surface area contributed by atoms with Gasteiger partial charge in [-0.15, -0.1) is 0 Å². The lowest BCUT2D eigenvalue weighted by molar-refractivity contribution is -0.139. The molecule has 3 rings (SSSR count). The lowest BCUT2D eigenvalue weighted by atomic mass is 10.0. The minimum Gasteiger partial charge on any atom is -0.508 e. The zero-order valence-electron chi connectivity index (χ0n) is 18.3. The third-order valence-corrected chi connectivity index (χ3v) is 5.13. The Morgan fingerprint density at radius 3 is 2.21 bits per heavy atom. The molecule has 0 aliphatic heterocycles. The van der Waals surface area contributed by atoms with E-state index in [0.29, 0.717) is 17.5 Å². The third kappa shape index (κ3) is 6.20. The Hall–Kier alpha value is -4.13. The molecule has 0 bridgehead atoms. The Morgan fingerprint density at radius 2 is 1.58 bits per heavy atom. The summed E-state index contributed by atoms with van der Waals surface area (Å²) in [5.41, 5.74) is 2.75. The maximum Gasteiger partial charge on any atom is 0.326 e. The van der Waals surface area contributed by atoms with E-state index in [1.165, 1.54) is 12.1 Å². The van der Waals surface area contributed by atoms with Crippen LogP contribution in [0.5, 0.6) is 5.75 Å². The van der Waals surface area contributed by atoms with Crippen LogP contribution in [0.15, 0.2) is 78.9 Å². The molecule has 0 saturated carbocycles. The van der Waals surface area contributed by atoms with Crippen LogP contribution in [-0.4, -0.2) is 45.6 Å². The Balaban J connectivity index is 1.79. The fourth-order valence-electron chi connectivity index (χ4n) is 3.43. The van der Waals surface area contributed by atoms with Gasteiger partial charge in [-0.1, -0.05) is 61.5 Å². The molecule has 0 aliphatic carbocycles. The zero-order chi connectivity index (χ0) is 23.8. The first kappa shape index (κ1) is 23.5. The number of nitrogens with one attached hydrogen (secondary N) is 1. The smallest absolute Gasteiger partial charge is 0.326 e. The number of benzene rings is 3. The van der Waals surface area contributed by atoms with Gasteiger partial charge >= 0.3 is 12.0 Å². The molecule has 0 radical (unpaired) electrons. The number of hydrogen-bond acceptors (Lipinski definition) is 4. The number of hydrogen-bond donors (Lipinski definition) is 3. The highest BCUT2D eigenvalue weighted by molar-refractivity contribution is 6.05. The van der Waals surface area contributed by atoms with Crippen molar-refractivity contribution in [3.8, 4) is 16.9 Å². The van der Waals surface area contributed by atoms with Crippen molar-refractivity contribution in [1.82, 2.24) is 10.2 Å². The van der Waals surface area contributed by atoms with Gasteiger partial charge in [0.2, 0.25) is 0 Å². The predicted octanol–water partition coefficient (Wildman–Crippen LogP) is 4.32. The summed E-state index contributed by atoms with van der Waals surface area (Å²) in [6.07, 6.45) is 0.534. The standard InChI is InChI=1S/C26H26N2O5/c1-2-15-28(24(30)21-10-6-9-20(17-21)19-7-4-3-5-8-19)26(33)27-23(25(31)32)16-18-11-13-22(29)14-12-18/h3-14,17,23,29H,2,15-16H2,1H3,(H,27,33)(H,31,32)/t23-/m0/s1. The van der Waals surface area contributed by atoms with Crippen LogP contribution in [0, 0.1) is 0 Å². The minimum absolute atomic E-state index is 0.0129. The second-order valence-corrected chi connectivity index (χ2v) is 7.61. The van der Waals surface area contributed by atoms with Crippen molar-refractivity contribution in [1.29, 1.82) is 0 Å². The number of phenolic OH excluding ortho intramolecular Hbond substituents is 1. The fourth-order valence-corrected chi connectivity index (χ4v) is 3.43. The van der Waals surface area contributed by atoms with Crippen LogP contribution >= 0.6 is 0 Å². The normalized spacial score (nSPS) is 11.4. The summed E-state index contributed by atoms with van der Waals surface area (Å²) in [6.45, 7) is 1.98. The summed E-state index contributed by atoms with van der Waals surface area (Å²) in [5.74, 6) is -1.65. The average molecular weight is 447 g/mol. The molecule has 33 heavy (non-hydrogen) atoms. The molecule has 3 amide bonds. The lowest BCUT2D eigenvalue weighted by Gasteiger charge is -2.24. The van der Waals surface area contributed by atoms with Crippen molar-refractivity contribution in [2.24, 2.45) is 0 Å².